The summed E-state index contributed by atoms with van der Waals surface area (Å²) in [6.07, 6.45) is 0.793. The minimum absolute atomic E-state index is 0.143. The standard InChI is InChI=1S/C43H39BN4O6/c45-41(50)37(24-31-10-3-7-26-6-1-2-11-34(26)31)48-43(52)36(47-42(51)30-17-20-33(21-18-30)44(53)54)12-5-23-46-38(49)25-32-16-15-29-14-13-27-8-4-9-28-19-22-35(32)40(29)39(27)28/h1-4,6-11,13-22,36-37,53-54H,5,12,23-25H2,(H2,45,50)(H,46,49)(H,47,51)(H,48,52)/t36-,37-/m0/s1. The predicted octanol–water partition coefficient (Wildman–Crippen LogP) is 3.87. The highest BCUT2D eigenvalue weighted by Gasteiger charge is 2.27. The molecule has 11 heteroatoms. The Morgan fingerprint density at radius 3 is 2.02 bits per heavy atom. The van der Waals surface area contributed by atoms with Crippen LogP contribution in [0, 0.1) is 0 Å². The van der Waals surface area contributed by atoms with E-state index >= 15 is 0 Å². The maximum absolute atomic E-state index is 13.8. The minimum Gasteiger partial charge on any atom is -0.423 e. The number of carbonyl (C=O) groups excluding carboxylic acids is 4. The van der Waals surface area contributed by atoms with Gasteiger partial charge in [-0.25, -0.2) is 0 Å². The van der Waals surface area contributed by atoms with Gasteiger partial charge >= 0.3 is 7.12 Å². The van der Waals surface area contributed by atoms with Gasteiger partial charge in [0, 0.05) is 18.5 Å². The summed E-state index contributed by atoms with van der Waals surface area (Å²) in [5, 5.41) is 36.0. The fraction of sp³-hybridized carbons (Fsp3) is 0.163. The molecule has 7 aromatic rings. The quantitative estimate of drug-likeness (QED) is 0.0567. The maximum Gasteiger partial charge on any atom is 0.488 e. The van der Waals surface area contributed by atoms with Crippen molar-refractivity contribution in [3.63, 3.8) is 0 Å². The number of nitrogens with one attached hydrogen (secondary N) is 3. The molecule has 0 aromatic heterocycles. The number of rotatable bonds is 14. The average Bonchev–Trinajstić information content (AvgIpc) is 3.18. The van der Waals surface area contributed by atoms with Crippen LogP contribution in [0.4, 0.5) is 0 Å². The molecule has 0 spiro atoms. The van der Waals surface area contributed by atoms with Gasteiger partial charge in [-0.1, -0.05) is 109 Å². The Morgan fingerprint density at radius 2 is 1.28 bits per heavy atom. The van der Waals surface area contributed by atoms with Gasteiger partial charge < -0.3 is 31.7 Å². The lowest BCUT2D eigenvalue weighted by Crippen LogP contribution is -2.53. The summed E-state index contributed by atoms with van der Waals surface area (Å²) in [4.78, 5) is 52.9. The largest absolute Gasteiger partial charge is 0.488 e. The Kier molecular flexibility index (Phi) is 10.5. The molecular formula is C43H39BN4O6. The number of amides is 4. The van der Waals surface area contributed by atoms with Gasteiger partial charge in [0.15, 0.2) is 0 Å². The van der Waals surface area contributed by atoms with Gasteiger partial charge in [-0.05, 0) is 84.7 Å². The zero-order valence-corrected chi connectivity index (χ0v) is 29.4. The van der Waals surface area contributed by atoms with Crippen LogP contribution in [-0.4, -0.2) is 59.4 Å². The Morgan fingerprint density at radius 1 is 0.630 bits per heavy atom. The van der Waals surface area contributed by atoms with Crippen molar-refractivity contribution < 1.29 is 29.2 Å². The van der Waals surface area contributed by atoms with Crippen molar-refractivity contribution in [1.82, 2.24) is 16.0 Å². The van der Waals surface area contributed by atoms with E-state index in [1.54, 1.807) is 0 Å². The minimum atomic E-state index is -1.70. The van der Waals surface area contributed by atoms with Crippen LogP contribution in [0.3, 0.4) is 0 Å². The lowest BCUT2D eigenvalue weighted by atomic mass is 9.80. The van der Waals surface area contributed by atoms with Crippen LogP contribution in [0.1, 0.15) is 34.3 Å². The van der Waals surface area contributed by atoms with E-state index in [1.165, 1.54) is 29.7 Å². The average molecular weight is 719 g/mol. The lowest BCUT2D eigenvalue weighted by molar-refractivity contribution is -0.128. The van der Waals surface area contributed by atoms with Gasteiger partial charge in [0.25, 0.3) is 5.91 Å². The smallest absolute Gasteiger partial charge is 0.423 e. The Hall–Kier alpha value is -6.30. The third-order valence-corrected chi connectivity index (χ3v) is 10.0. The second-order valence-electron chi connectivity index (χ2n) is 13.6. The number of nitrogens with two attached hydrogens (primary N) is 1. The van der Waals surface area contributed by atoms with E-state index in [4.69, 9.17) is 5.73 Å². The molecule has 0 aliphatic carbocycles. The molecule has 54 heavy (non-hydrogen) atoms. The molecule has 0 saturated carbocycles. The van der Waals surface area contributed by atoms with Crippen LogP contribution in [0.5, 0.6) is 0 Å². The highest BCUT2D eigenvalue weighted by molar-refractivity contribution is 6.58. The first-order chi connectivity index (χ1) is 26.2. The monoisotopic (exact) mass is 718 g/mol. The summed E-state index contributed by atoms with van der Waals surface area (Å²) in [5.41, 5.74) is 7.91. The van der Waals surface area contributed by atoms with Gasteiger partial charge in [0.2, 0.25) is 17.7 Å². The predicted molar refractivity (Wildman–Crippen MR) is 212 cm³/mol. The molecule has 0 heterocycles. The molecule has 0 aliphatic rings. The highest BCUT2D eigenvalue weighted by Crippen LogP contribution is 2.36. The molecule has 0 aliphatic heterocycles. The molecule has 270 valence electrons. The van der Waals surface area contributed by atoms with Crippen LogP contribution < -0.4 is 27.1 Å². The Bertz CT molecular complexity index is 2480. The van der Waals surface area contributed by atoms with Crippen molar-refractivity contribution in [2.24, 2.45) is 5.73 Å². The maximum atomic E-state index is 13.8. The molecule has 0 saturated heterocycles. The molecular weight excluding hydrogens is 679 g/mol. The molecule has 0 unspecified atom stereocenters. The molecule has 0 bridgehead atoms. The zero-order valence-electron chi connectivity index (χ0n) is 29.4. The zero-order chi connectivity index (χ0) is 37.8. The normalized spacial score (nSPS) is 12.5. The van der Waals surface area contributed by atoms with Crippen molar-refractivity contribution in [2.45, 2.75) is 37.8 Å². The fourth-order valence-electron chi connectivity index (χ4n) is 7.22. The molecule has 7 aromatic carbocycles. The topological polar surface area (TPSA) is 171 Å². The van der Waals surface area contributed by atoms with E-state index in [2.05, 4.69) is 52.3 Å². The van der Waals surface area contributed by atoms with E-state index < -0.39 is 36.9 Å². The molecule has 7 rings (SSSR count). The first kappa shape index (κ1) is 36.1. The summed E-state index contributed by atoms with van der Waals surface area (Å²) >= 11 is 0. The first-order valence-corrected chi connectivity index (χ1v) is 17.9. The number of benzene rings is 7. The van der Waals surface area contributed by atoms with Crippen LogP contribution >= 0.6 is 0 Å². The molecule has 0 radical (unpaired) electrons. The van der Waals surface area contributed by atoms with Crippen LogP contribution in [0.25, 0.3) is 43.1 Å². The van der Waals surface area contributed by atoms with Crippen molar-refractivity contribution in [2.75, 3.05) is 6.54 Å². The highest BCUT2D eigenvalue weighted by atomic mass is 16.4. The number of carbonyl (C=O) groups is 4. The summed E-state index contributed by atoms with van der Waals surface area (Å²) in [7, 11) is -1.70. The third-order valence-electron chi connectivity index (χ3n) is 10.0. The number of fused-ring (bicyclic) bond motifs is 1. The summed E-state index contributed by atoms with van der Waals surface area (Å²) in [6, 6.07) is 35.5. The van der Waals surface area contributed by atoms with E-state index in [9.17, 15) is 29.2 Å². The van der Waals surface area contributed by atoms with Gasteiger partial charge in [-0.15, -0.1) is 0 Å². The number of primary amides is 1. The Balaban J connectivity index is 1.03. The van der Waals surface area contributed by atoms with Crippen molar-refractivity contribution >= 4 is 79.3 Å². The Labute approximate surface area is 311 Å². The van der Waals surface area contributed by atoms with E-state index in [0.717, 1.165) is 48.8 Å². The van der Waals surface area contributed by atoms with Gasteiger partial charge in [-0.3, -0.25) is 19.2 Å². The summed E-state index contributed by atoms with van der Waals surface area (Å²) < 4.78 is 0. The molecule has 10 nitrogen and oxygen atoms in total. The van der Waals surface area contributed by atoms with E-state index in [1.807, 2.05) is 60.7 Å². The first-order valence-electron chi connectivity index (χ1n) is 17.9. The van der Waals surface area contributed by atoms with Crippen molar-refractivity contribution in [3.8, 4) is 0 Å². The van der Waals surface area contributed by atoms with Gasteiger partial charge in [-0.2, -0.15) is 0 Å². The van der Waals surface area contributed by atoms with Crippen LogP contribution in [0.2, 0.25) is 0 Å². The molecule has 2 atom stereocenters. The van der Waals surface area contributed by atoms with E-state index in [-0.39, 0.29) is 42.7 Å². The van der Waals surface area contributed by atoms with Crippen LogP contribution in [-0.2, 0) is 27.2 Å². The second kappa shape index (κ2) is 15.8. The third kappa shape index (κ3) is 7.73. The fourth-order valence-corrected chi connectivity index (χ4v) is 7.22. The van der Waals surface area contributed by atoms with Gasteiger partial charge in [0.05, 0.1) is 6.42 Å². The number of hydrogen-bond acceptors (Lipinski definition) is 6. The van der Waals surface area contributed by atoms with Crippen LogP contribution in [0.15, 0.2) is 121 Å². The second-order valence-corrected chi connectivity index (χ2v) is 13.6. The SMILES string of the molecule is NC(=O)[C@H](Cc1cccc2ccccc12)NC(=O)[C@H](CCCNC(=O)Cc1ccc2ccc3cccc4ccc1c2c34)NC(=O)c1ccc(B(O)O)cc1. The lowest BCUT2D eigenvalue weighted by Gasteiger charge is -2.23. The van der Waals surface area contributed by atoms with Crippen molar-refractivity contribution in [1.29, 1.82) is 0 Å². The van der Waals surface area contributed by atoms with Gasteiger partial charge in [0.1, 0.15) is 12.1 Å². The molecule has 4 amide bonds. The summed E-state index contributed by atoms with van der Waals surface area (Å²) in [5.74, 6) is -2.07. The molecule has 7 N–H and O–H groups in total. The molecule has 0 fully saturated rings. The number of hydrogen-bond donors (Lipinski definition) is 6. The van der Waals surface area contributed by atoms with Crippen molar-refractivity contribution in [3.05, 3.63) is 138 Å². The summed E-state index contributed by atoms with van der Waals surface area (Å²) in [6.45, 7) is 0.239. The van der Waals surface area contributed by atoms with E-state index in [0.29, 0.717) is 6.42 Å².